The molecule has 4 nitrogen and oxygen atoms in total. The molecule has 0 aliphatic carbocycles. The lowest BCUT2D eigenvalue weighted by Gasteiger charge is -2.19. The van der Waals surface area contributed by atoms with Gasteiger partial charge < -0.3 is 15.0 Å². The van der Waals surface area contributed by atoms with Gasteiger partial charge in [-0.05, 0) is 7.05 Å². The number of rotatable bonds is 2. The molecule has 1 fully saturated rings. The third-order valence-corrected chi connectivity index (χ3v) is 2.21. The Morgan fingerprint density at radius 1 is 1.50 bits per heavy atom. The fraction of sp³-hybridized carbons (Fsp3) is 0.875. The van der Waals surface area contributed by atoms with Gasteiger partial charge in [-0.1, -0.05) is 0 Å². The van der Waals surface area contributed by atoms with Crippen molar-refractivity contribution in [3.63, 3.8) is 0 Å². The van der Waals surface area contributed by atoms with E-state index < -0.39 is 0 Å². The Morgan fingerprint density at radius 3 is 2.67 bits per heavy atom. The summed E-state index contributed by atoms with van der Waals surface area (Å²) in [6.45, 7) is 1.18. The third-order valence-electron chi connectivity index (χ3n) is 2.21. The molecular weight excluding hydrogens is 156 g/mol. The van der Waals surface area contributed by atoms with E-state index in [0.717, 1.165) is 0 Å². The number of carbonyl (C=O) groups excluding carboxylic acids is 1. The highest BCUT2D eigenvalue weighted by molar-refractivity contribution is 5.79. The first-order chi connectivity index (χ1) is 5.66. The van der Waals surface area contributed by atoms with Gasteiger partial charge in [0.1, 0.15) is 0 Å². The number of ether oxygens (including phenoxy) is 1. The molecule has 2 unspecified atom stereocenters. The van der Waals surface area contributed by atoms with E-state index in [1.54, 1.807) is 19.0 Å². The van der Waals surface area contributed by atoms with Gasteiger partial charge in [0, 0.05) is 20.1 Å². The van der Waals surface area contributed by atoms with Gasteiger partial charge in [-0.25, -0.2) is 0 Å². The molecule has 0 bridgehead atoms. The topological polar surface area (TPSA) is 41.6 Å². The standard InChI is InChI=1S/C8H16N2O2/c1-9-7-5-12-4-6(7)8(11)10(2)3/h6-7,9H,4-5H2,1-3H3. The van der Waals surface area contributed by atoms with Gasteiger partial charge in [-0.15, -0.1) is 0 Å². The second-order valence-electron chi connectivity index (χ2n) is 3.27. The van der Waals surface area contributed by atoms with Crippen molar-refractivity contribution in [3.05, 3.63) is 0 Å². The van der Waals surface area contributed by atoms with Crippen LogP contribution < -0.4 is 5.32 Å². The van der Waals surface area contributed by atoms with Crippen LogP contribution in [-0.2, 0) is 9.53 Å². The Bertz CT molecular complexity index is 170. The van der Waals surface area contributed by atoms with E-state index in [0.29, 0.717) is 13.2 Å². The van der Waals surface area contributed by atoms with Crippen LogP contribution in [0.15, 0.2) is 0 Å². The Kier molecular flexibility index (Phi) is 3.05. The Morgan fingerprint density at radius 2 is 2.17 bits per heavy atom. The van der Waals surface area contributed by atoms with E-state index in [-0.39, 0.29) is 17.9 Å². The fourth-order valence-electron chi connectivity index (χ4n) is 1.41. The molecule has 1 aliphatic heterocycles. The largest absolute Gasteiger partial charge is 0.379 e. The average Bonchev–Trinajstić information content (AvgIpc) is 2.49. The zero-order chi connectivity index (χ0) is 9.14. The summed E-state index contributed by atoms with van der Waals surface area (Å²) in [5, 5.41) is 3.08. The summed E-state index contributed by atoms with van der Waals surface area (Å²) >= 11 is 0. The van der Waals surface area contributed by atoms with Crippen molar-refractivity contribution in [2.75, 3.05) is 34.4 Å². The number of hydrogen-bond donors (Lipinski definition) is 1. The van der Waals surface area contributed by atoms with Crippen molar-refractivity contribution in [2.24, 2.45) is 5.92 Å². The van der Waals surface area contributed by atoms with Crippen molar-refractivity contribution in [2.45, 2.75) is 6.04 Å². The number of likely N-dealkylation sites (N-methyl/N-ethyl adjacent to an activating group) is 1. The van der Waals surface area contributed by atoms with Crippen molar-refractivity contribution in [1.29, 1.82) is 0 Å². The van der Waals surface area contributed by atoms with Crippen LogP contribution in [0.25, 0.3) is 0 Å². The lowest BCUT2D eigenvalue weighted by molar-refractivity contribution is -0.133. The molecule has 0 aromatic rings. The second kappa shape index (κ2) is 3.87. The van der Waals surface area contributed by atoms with E-state index in [1.807, 2.05) is 7.05 Å². The lowest BCUT2D eigenvalue weighted by Crippen LogP contribution is -2.42. The summed E-state index contributed by atoms with van der Waals surface area (Å²) in [6.07, 6.45) is 0. The molecule has 4 heteroatoms. The zero-order valence-electron chi connectivity index (χ0n) is 7.83. The Balaban J connectivity index is 2.55. The van der Waals surface area contributed by atoms with Crippen LogP contribution in [0, 0.1) is 5.92 Å². The molecule has 1 amide bonds. The van der Waals surface area contributed by atoms with Crippen LogP contribution in [0.1, 0.15) is 0 Å². The molecule has 0 aromatic carbocycles. The SMILES string of the molecule is CNC1COCC1C(=O)N(C)C. The summed E-state index contributed by atoms with van der Waals surface area (Å²) < 4.78 is 5.22. The van der Waals surface area contributed by atoms with Crippen LogP contribution in [0.4, 0.5) is 0 Å². The minimum Gasteiger partial charge on any atom is -0.379 e. The molecular formula is C8H16N2O2. The number of hydrogen-bond acceptors (Lipinski definition) is 3. The summed E-state index contributed by atoms with van der Waals surface area (Å²) in [7, 11) is 5.40. The quantitative estimate of drug-likeness (QED) is 0.599. The first kappa shape index (κ1) is 9.48. The molecule has 1 heterocycles. The molecule has 2 atom stereocenters. The average molecular weight is 172 g/mol. The van der Waals surface area contributed by atoms with Crippen LogP contribution in [0.2, 0.25) is 0 Å². The second-order valence-corrected chi connectivity index (χ2v) is 3.27. The maximum Gasteiger partial charge on any atom is 0.229 e. The van der Waals surface area contributed by atoms with E-state index in [1.165, 1.54) is 0 Å². The first-order valence-electron chi connectivity index (χ1n) is 4.13. The maximum atomic E-state index is 11.5. The van der Waals surface area contributed by atoms with Gasteiger partial charge in [-0.3, -0.25) is 4.79 Å². The van der Waals surface area contributed by atoms with Crippen LogP contribution in [-0.4, -0.2) is 51.2 Å². The first-order valence-corrected chi connectivity index (χ1v) is 4.13. The van der Waals surface area contributed by atoms with Crippen molar-refractivity contribution in [1.82, 2.24) is 10.2 Å². The van der Waals surface area contributed by atoms with Crippen molar-refractivity contribution < 1.29 is 9.53 Å². The molecule has 1 N–H and O–H groups in total. The number of nitrogens with one attached hydrogen (secondary N) is 1. The van der Waals surface area contributed by atoms with Crippen molar-refractivity contribution in [3.8, 4) is 0 Å². The fourth-order valence-corrected chi connectivity index (χ4v) is 1.41. The normalized spacial score (nSPS) is 28.9. The molecule has 1 rings (SSSR count). The Labute approximate surface area is 72.9 Å². The van der Waals surface area contributed by atoms with Gasteiger partial charge in [0.2, 0.25) is 5.91 Å². The van der Waals surface area contributed by atoms with E-state index >= 15 is 0 Å². The van der Waals surface area contributed by atoms with Crippen LogP contribution >= 0.6 is 0 Å². The molecule has 0 spiro atoms. The molecule has 1 aliphatic rings. The van der Waals surface area contributed by atoms with E-state index in [2.05, 4.69) is 5.32 Å². The molecule has 1 saturated heterocycles. The van der Waals surface area contributed by atoms with Crippen LogP contribution in [0.3, 0.4) is 0 Å². The third kappa shape index (κ3) is 1.76. The number of amides is 1. The lowest BCUT2D eigenvalue weighted by atomic mass is 10.0. The summed E-state index contributed by atoms with van der Waals surface area (Å²) in [5.41, 5.74) is 0. The molecule has 70 valence electrons. The minimum atomic E-state index is -0.00926. The van der Waals surface area contributed by atoms with Gasteiger partial charge in [0.25, 0.3) is 0 Å². The van der Waals surface area contributed by atoms with Gasteiger partial charge >= 0.3 is 0 Å². The van der Waals surface area contributed by atoms with Gasteiger partial charge in [0.05, 0.1) is 19.1 Å². The predicted molar refractivity (Wildman–Crippen MR) is 45.9 cm³/mol. The van der Waals surface area contributed by atoms with Crippen molar-refractivity contribution >= 4 is 5.91 Å². The summed E-state index contributed by atoms with van der Waals surface area (Å²) in [4.78, 5) is 13.1. The smallest absolute Gasteiger partial charge is 0.229 e. The molecule has 0 radical (unpaired) electrons. The minimum absolute atomic E-state index is 0.00926. The number of carbonyl (C=O) groups is 1. The van der Waals surface area contributed by atoms with Gasteiger partial charge in [-0.2, -0.15) is 0 Å². The number of nitrogens with zero attached hydrogens (tertiary/aromatic N) is 1. The highest BCUT2D eigenvalue weighted by Crippen LogP contribution is 2.14. The zero-order valence-corrected chi connectivity index (χ0v) is 7.83. The molecule has 12 heavy (non-hydrogen) atoms. The Hall–Kier alpha value is -0.610. The highest BCUT2D eigenvalue weighted by Gasteiger charge is 2.33. The van der Waals surface area contributed by atoms with E-state index in [9.17, 15) is 4.79 Å². The van der Waals surface area contributed by atoms with E-state index in [4.69, 9.17) is 4.74 Å². The molecule has 0 saturated carbocycles. The summed E-state index contributed by atoms with van der Waals surface area (Å²) in [5.74, 6) is 0.136. The predicted octanol–water partition coefficient (Wildman–Crippen LogP) is -0.691. The monoisotopic (exact) mass is 172 g/mol. The maximum absolute atomic E-state index is 11.5. The van der Waals surface area contributed by atoms with Gasteiger partial charge in [0.15, 0.2) is 0 Å². The summed E-state index contributed by atoms with van der Waals surface area (Å²) in [6, 6.07) is 0.180. The van der Waals surface area contributed by atoms with Crippen LogP contribution in [0.5, 0.6) is 0 Å². The highest BCUT2D eigenvalue weighted by atomic mass is 16.5. The molecule has 0 aromatic heterocycles.